The summed E-state index contributed by atoms with van der Waals surface area (Å²) in [5.41, 5.74) is 2.61. The van der Waals surface area contributed by atoms with Gasteiger partial charge in [0.1, 0.15) is 6.04 Å². The van der Waals surface area contributed by atoms with Crippen LogP contribution in [0.25, 0.3) is 0 Å². The van der Waals surface area contributed by atoms with Gasteiger partial charge in [0.15, 0.2) is 5.60 Å². The molecule has 0 bridgehead atoms. The minimum atomic E-state index is -0.813. The molecule has 192 valence electrons. The van der Waals surface area contributed by atoms with E-state index in [9.17, 15) is 0 Å². The lowest BCUT2D eigenvalue weighted by Gasteiger charge is -2.36. The maximum absolute atomic E-state index is 7.20. The van der Waals surface area contributed by atoms with E-state index in [0.717, 1.165) is 22.6 Å². The van der Waals surface area contributed by atoms with Crippen molar-refractivity contribution < 1.29 is 4.74 Å². The van der Waals surface area contributed by atoms with Crippen LogP contribution >= 0.6 is 7.92 Å². The third kappa shape index (κ3) is 4.71. The van der Waals surface area contributed by atoms with Gasteiger partial charge in [0, 0.05) is 16.7 Å². The van der Waals surface area contributed by atoms with Gasteiger partial charge in [0.2, 0.25) is 5.90 Å². The molecular weight excluding hydrogens is 493 g/mol. The molecule has 0 spiro atoms. The van der Waals surface area contributed by atoms with Gasteiger partial charge in [-0.2, -0.15) is 0 Å². The average Bonchev–Trinajstić information content (AvgIpc) is 3.42. The third-order valence-electron chi connectivity index (χ3n) is 7.37. The molecule has 0 aliphatic carbocycles. The van der Waals surface area contributed by atoms with E-state index in [4.69, 9.17) is 9.73 Å². The number of rotatable bonds is 7. The van der Waals surface area contributed by atoms with Gasteiger partial charge in [-0.3, -0.25) is 0 Å². The summed E-state index contributed by atoms with van der Waals surface area (Å²) in [5, 5.41) is 3.87. The Balaban J connectivity index is 1.54. The van der Waals surface area contributed by atoms with Crippen LogP contribution in [0, 0.1) is 5.92 Å². The van der Waals surface area contributed by atoms with Crippen molar-refractivity contribution in [2.75, 3.05) is 0 Å². The lowest BCUT2D eigenvalue weighted by molar-refractivity contribution is 0.0816. The minimum absolute atomic E-state index is 0.0787. The highest BCUT2D eigenvalue weighted by atomic mass is 31.1. The average molecular weight is 526 g/mol. The largest absolute Gasteiger partial charge is 0.459 e. The summed E-state index contributed by atoms with van der Waals surface area (Å²) in [6.45, 7) is 4.49. The molecule has 6 rings (SSSR count). The standard InChI is InChI=1S/C36H32NOP/c1-27(2)34-36(28-17-7-3-8-18-28,29-19-9-4-10-20-29)38-35(37-34)32-25-15-16-26-33(32)39(30-21-11-5-12-22-30)31-23-13-6-14-24-31/h3-27,34H,1-2H3. The first-order valence-corrected chi connectivity index (χ1v) is 14.9. The normalized spacial score (nSPS) is 16.2. The van der Waals surface area contributed by atoms with Crippen LogP contribution in [0.5, 0.6) is 0 Å². The Labute approximate surface area is 232 Å². The van der Waals surface area contributed by atoms with Crippen LogP contribution in [0.1, 0.15) is 30.5 Å². The second-order valence-corrected chi connectivity index (χ2v) is 12.4. The molecule has 5 aromatic carbocycles. The van der Waals surface area contributed by atoms with Crippen LogP contribution in [0.15, 0.2) is 151 Å². The third-order valence-corrected chi connectivity index (χ3v) is 9.87. The van der Waals surface area contributed by atoms with Gasteiger partial charge in [-0.15, -0.1) is 0 Å². The maximum Gasteiger partial charge on any atom is 0.218 e. The second-order valence-electron chi connectivity index (χ2n) is 10.2. The molecule has 0 fully saturated rings. The number of hydrogen-bond acceptors (Lipinski definition) is 2. The molecular formula is C36H32NOP. The predicted molar refractivity (Wildman–Crippen MR) is 165 cm³/mol. The molecule has 1 aliphatic rings. The predicted octanol–water partition coefficient (Wildman–Crippen LogP) is 7.19. The van der Waals surface area contributed by atoms with Crippen molar-refractivity contribution in [3.05, 3.63) is 162 Å². The highest BCUT2D eigenvalue weighted by Crippen LogP contribution is 2.46. The molecule has 0 N–H and O–H groups in total. The van der Waals surface area contributed by atoms with Gasteiger partial charge >= 0.3 is 0 Å². The van der Waals surface area contributed by atoms with Crippen molar-refractivity contribution in [3.8, 4) is 0 Å². The van der Waals surface area contributed by atoms with E-state index in [1.807, 2.05) is 0 Å². The molecule has 1 unspecified atom stereocenters. The molecule has 3 heteroatoms. The van der Waals surface area contributed by atoms with Crippen LogP contribution in [0.4, 0.5) is 0 Å². The summed E-state index contributed by atoms with van der Waals surface area (Å²) in [7, 11) is -0.813. The fourth-order valence-electron chi connectivity index (χ4n) is 5.63. The minimum Gasteiger partial charge on any atom is -0.459 e. The first-order valence-electron chi connectivity index (χ1n) is 13.6. The highest BCUT2D eigenvalue weighted by molar-refractivity contribution is 7.80. The van der Waals surface area contributed by atoms with Gasteiger partial charge in [-0.05, 0) is 35.8 Å². The van der Waals surface area contributed by atoms with Crippen molar-refractivity contribution in [2.24, 2.45) is 10.9 Å². The molecule has 0 saturated carbocycles. The smallest absolute Gasteiger partial charge is 0.218 e. The Morgan fingerprint density at radius 3 is 1.51 bits per heavy atom. The van der Waals surface area contributed by atoms with E-state index < -0.39 is 13.5 Å². The Morgan fingerprint density at radius 1 is 0.590 bits per heavy atom. The number of aliphatic imine (C=N–C) groups is 1. The van der Waals surface area contributed by atoms with E-state index in [0.29, 0.717) is 0 Å². The van der Waals surface area contributed by atoms with Crippen molar-refractivity contribution in [1.29, 1.82) is 0 Å². The molecule has 39 heavy (non-hydrogen) atoms. The van der Waals surface area contributed by atoms with Crippen molar-refractivity contribution in [2.45, 2.75) is 25.5 Å². The van der Waals surface area contributed by atoms with Gasteiger partial charge in [0.05, 0.1) is 0 Å². The van der Waals surface area contributed by atoms with E-state index in [-0.39, 0.29) is 12.0 Å². The van der Waals surface area contributed by atoms with Gasteiger partial charge in [-0.1, -0.05) is 153 Å². The van der Waals surface area contributed by atoms with Crippen LogP contribution in [-0.4, -0.2) is 11.9 Å². The summed E-state index contributed by atoms with van der Waals surface area (Å²) < 4.78 is 7.20. The van der Waals surface area contributed by atoms with Crippen molar-refractivity contribution in [3.63, 3.8) is 0 Å². The zero-order chi connectivity index (χ0) is 26.7. The van der Waals surface area contributed by atoms with E-state index in [1.54, 1.807) is 0 Å². The summed E-state index contributed by atoms with van der Waals surface area (Å²) in [4.78, 5) is 5.40. The first kappa shape index (κ1) is 25.3. The van der Waals surface area contributed by atoms with Crippen LogP contribution in [0.3, 0.4) is 0 Å². The van der Waals surface area contributed by atoms with Crippen LogP contribution in [-0.2, 0) is 10.3 Å². The molecule has 5 aromatic rings. The second kappa shape index (κ2) is 11.0. The quantitative estimate of drug-likeness (QED) is 0.206. The molecule has 0 saturated heterocycles. The summed E-state index contributed by atoms with van der Waals surface area (Å²) in [6.07, 6.45) is 0. The molecule has 1 aliphatic heterocycles. The number of benzene rings is 5. The maximum atomic E-state index is 7.20. The summed E-state index contributed by atoms with van der Waals surface area (Å²) in [5.74, 6) is 0.983. The Kier molecular flexibility index (Phi) is 7.14. The Hall–Kier alpha value is -4.00. The van der Waals surface area contributed by atoms with E-state index in [1.165, 1.54) is 15.9 Å². The summed E-state index contributed by atoms with van der Waals surface area (Å²) >= 11 is 0. The fourth-order valence-corrected chi connectivity index (χ4v) is 8.07. The first-order chi connectivity index (χ1) is 19.2. The molecule has 0 radical (unpaired) electrons. The number of nitrogens with zero attached hydrogens (tertiary/aromatic N) is 1. The Morgan fingerprint density at radius 2 is 1.03 bits per heavy atom. The van der Waals surface area contributed by atoms with Gasteiger partial charge < -0.3 is 4.74 Å². The van der Waals surface area contributed by atoms with E-state index in [2.05, 4.69) is 159 Å². The monoisotopic (exact) mass is 525 g/mol. The zero-order valence-corrected chi connectivity index (χ0v) is 23.2. The van der Waals surface area contributed by atoms with E-state index >= 15 is 0 Å². The summed E-state index contributed by atoms with van der Waals surface area (Å²) in [6, 6.07) is 51.4. The van der Waals surface area contributed by atoms with Crippen LogP contribution in [0.2, 0.25) is 0 Å². The zero-order valence-electron chi connectivity index (χ0n) is 22.3. The van der Waals surface area contributed by atoms with Gasteiger partial charge in [0.25, 0.3) is 0 Å². The Bertz CT molecular complexity index is 1470. The van der Waals surface area contributed by atoms with Crippen molar-refractivity contribution >= 4 is 29.7 Å². The molecule has 2 nitrogen and oxygen atoms in total. The van der Waals surface area contributed by atoms with Crippen molar-refractivity contribution in [1.82, 2.24) is 0 Å². The topological polar surface area (TPSA) is 21.6 Å². The molecule has 0 amide bonds. The fraction of sp³-hybridized carbons (Fsp3) is 0.139. The lowest BCUT2D eigenvalue weighted by Crippen LogP contribution is -2.41. The SMILES string of the molecule is CC(C)C1N=C(c2ccccc2P(c2ccccc2)c2ccccc2)OC1(c1ccccc1)c1ccccc1. The number of hydrogen-bond donors (Lipinski definition) is 0. The number of ether oxygens (including phenoxy) is 1. The van der Waals surface area contributed by atoms with Crippen LogP contribution < -0.4 is 15.9 Å². The van der Waals surface area contributed by atoms with Gasteiger partial charge in [-0.25, -0.2) is 4.99 Å². The highest BCUT2D eigenvalue weighted by Gasteiger charge is 2.51. The molecule has 1 atom stereocenters. The molecule has 1 heterocycles. The molecule has 0 aromatic heterocycles. The lowest BCUT2D eigenvalue weighted by atomic mass is 9.76.